The number of aliphatic carboxylic acids is 1. The number of β-lactam (4-membered cyclic amide) rings is 1. The number of hydrogen-bond donors (Lipinski definition) is 3. The highest BCUT2D eigenvalue weighted by molar-refractivity contribution is 8.03. The van der Waals surface area contributed by atoms with Gasteiger partial charge in [0.15, 0.2) is 11.9 Å². The summed E-state index contributed by atoms with van der Waals surface area (Å²) in [6, 6.07) is -0.887. The van der Waals surface area contributed by atoms with Gasteiger partial charge in [0.25, 0.3) is 0 Å². The third kappa shape index (κ3) is 4.44. The van der Waals surface area contributed by atoms with Gasteiger partial charge in [0.1, 0.15) is 5.70 Å². The molecular weight excluding hydrogens is 476 g/mol. The van der Waals surface area contributed by atoms with Gasteiger partial charge in [0, 0.05) is 55.5 Å². The lowest BCUT2D eigenvalue weighted by Crippen LogP contribution is -2.63. The summed E-state index contributed by atoms with van der Waals surface area (Å²) in [7, 11) is 3.32. The molecule has 2 saturated heterocycles. The topological polar surface area (TPSA) is 151 Å². The third-order valence-electron chi connectivity index (χ3n) is 7.04. The summed E-state index contributed by atoms with van der Waals surface area (Å²) in [4.78, 5) is 58.9. The fourth-order valence-electron chi connectivity index (χ4n) is 5.36. The van der Waals surface area contributed by atoms with Gasteiger partial charge in [-0.3, -0.25) is 24.3 Å². The number of carbonyl (C=O) groups excluding carboxylic acids is 3. The van der Waals surface area contributed by atoms with Crippen molar-refractivity contribution in [1.82, 2.24) is 14.7 Å². The molecule has 0 aromatic rings. The number of carbonyl (C=O) groups is 4. The minimum atomic E-state index is -1.26. The number of likely N-dealkylation sites (N-methyl/N-ethyl adjacent to an activating group) is 1. The van der Waals surface area contributed by atoms with Crippen molar-refractivity contribution in [2.75, 3.05) is 27.2 Å². The van der Waals surface area contributed by atoms with E-state index in [9.17, 15) is 34.5 Å². The molecule has 0 bridgehead atoms. The molecule has 0 aliphatic carbocycles. The molecule has 0 spiro atoms. The van der Waals surface area contributed by atoms with E-state index in [2.05, 4.69) is 4.99 Å². The molecule has 35 heavy (non-hydrogen) atoms. The predicted octanol–water partition coefficient (Wildman–Crippen LogP) is -0.697. The lowest BCUT2D eigenvalue weighted by atomic mass is 9.79. The molecule has 3 N–H and O–H groups in total. The highest BCUT2D eigenvalue weighted by Crippen LogP contribution is 2.52. The van der Waals surface area contributed by atoms with E-state index in [4.69, 9.17) is 0 Å². The average Bonchev–Trinajstić information content (AvgIpc) is 3.27. The Morgan fingerprint density at radius 2 is 2.00 bits per heavy atom. The van der Waals surface area contributed by atoms with E-state index in [1.807, 2.05) is 11.8 Å². The second-order valence-corrected chi connectivity index (χ2v) is 11.0. The fourth-order valence-corrected chi connectivity index (χ4v) is 6.91. The fraction of sp³-hybridized carbons (Fsp3) is 0.609. The highest BCUT2D eigenvalue weighted by atomic mass is 32.2. The largest absolute Gasteiger partial charge is 0.477 e. The normalized spacial score (nSPS) is 33.5. The van der Waals surface area contributed by atoms with Crippen LogP contribution >= 0.6 is 11.8 Å². The third-order valence-corrected chi connectivity index (χ3v) is 8.54. The Morgan fingerprint density at radius 3 is 2.57 bits per heavy atom. The number of amides is 2. The van der Waals surface area contributed by atoms with Crippen LogP contribution in [0.5, 0.6) is 0 Å². The molecule has 7 atom stereocenters. The van der Waals surface area contributed by atoms with Crippen LogP contribution in [0.1, 0.15) is 20.3 Å². The zero-order chi connectivity index (χ0) is 25.8. The first-order chi connectivity index (χ1) is 16.4. The second-order valence-electron chi connectivity index (χ2n) is 9.69. The lowest BCUT2D eigenvalue weighted by molar-refractivity contribution is -0.163. The summed E-state index contributed by atoms with van der Waals surface area (Å²) in [5.41, 5.74) is 0.402. The van der Waals surface area contributed by atoms with Crippen molar-refractivity contribution in [2.24, 2.45) is 16.8 Å². The number of carboxylic acid groups (broad SMARTS) is 1. The molecule has 4 aliphatic heterocycles. The van der Waals surface area contributed by atoms with E-state index < -0.39 is 42.0 Å². The van der Waals surface area contributed by atoms with Crippen molar-refractivity contribution >= 4 is 41.5 Å². The monoisotopic (exact) mass is 506 g/mol. The van der Waals surface area contributed by atoms with E-state index in [1.165, 1.54) is 40.8 Å². The Morgan fingerprint density at radius 1 is 1.31 bits per heavy atom. The number of ketones is 1. The lowest BCUT2D eigenvalue weighted by Gasteiger charge is -2.46. The number of rotatable bonds is 7. The van der Waals surface area contributed by atoms with Crippen molar-refractivity contribution in [3.8, 4) is 0 Å². The Bertz CT molecular complexity index is 1050. The average molecular weight is 507 g/mol. The van der Waals surface area contributed by atoms with E-state index in [0.29, 0.717) is 23.6 Å². The molecule has 11 nitrogen and oxygen atoms in total. The maximum Gasteiger partial charge on any atom is 0.353 e. The van der Waals surface area contributed by atoms with Gasteiger partial charge < -0.3 is 25.1 Å². The Labute approximate surface area is 207 Å². The highest BCUT2D eigenvalue weighted by Gasteiger charge is 2.60. The van der Waals surface area contributed by atoms with Gasteiger partial charge in [-0.25, -0.2) is 4.79 Å². The number of thioether (sulfide) groups is 1. The Hall–Kier alpha value is -2.54. The molecule has 2 unspecified atom stereocenters. The number of fused-ring (bicyclic) bond motifs is 1. The Balaban J connectivity index is 1.56. The van der Waals surface area contributed by atoms with Crippen LogP contribution in [0.2, 0.25) is 0 Å². The van der Waals surface area contributed by atoms with Gasteiger partial charge >= 0.3 is 5.97 Å². The molecule has 4 heterocycles. The maximum absolute atomic E-state index is 12.9. The summed E-state index contributed by atoms with van der Waals surface area (Å²) in [5.74, 6) is -3.04. The van der Waals surface area contributed by atoms with Crippen LogP contribution in [-0.4, -0.2) is 117 Å². The quantitative estimate of drug-likeness (QED) is 0.381. The first kappa shape index (κ1) is 25.5. The minimum absolute atomic E-state index is 0.0393. The summed E-state index contributed by atoms with van der Waals surface area (Å²) < 4.78 is 0. The molecule has 0 radical (unpaired) electrons. The van der Waals surface area contributed by atoms with Gasteiger partial charge in [-0.05, 0) is 13.3 Å². The van der Waals surface area contributed by atoms with Crippen LogP contribution in [0.15, 0.2) is 27.4 Å². The molecule has 0 aromatic carbocycles. The van der Waals surface area contributed by atoms with E-state index >= 15 is 0 Å². The summed E-state index contributed by atoms with van der Waals surface area (Å²) >= 11 is 1.37. The molecule has 190 valence electrons. The van der Waals surface area contributed by atoms with Crippen LogP contribution in [0, 0.1) is 11.8 Å². The van der Waals surface area contributed by atoms with Gasteiger partial charge in [-0.15, -0.1) is 11.8 Å². The van der Waals surface area contributed by atoms with E-state index in [0.717, 1.165) is 0 Å². The number of aliphatic imine (C=N–C) groups is 1. The van der Waals surface area contributed by atoms with Crippen molar-refractivity contribution < 1.29 is 34.5 Å². The first-order valence-electron chi connectivity index (χ1n) is 11.5. The summed E-state index contributed by atoms with van der Waals surface area (Å²) in [6.07, 6.45) is 0.770. The summed E-state index contributed by atoms with van der Waals surface area (Å²) in [5, 5.41) is 29.4. The minimum Gasteiger partial charge on any atom is -0.477 e. The van der Waals surface area contributed by atoms with Crippen molar-refractivity contribution in [1.29, 1.82) is 0 Å². The van der Waals surface area contributed by atoms with Crippen LogP contribution < -0.4 is 0 Å². The predicted molar refractivity (Wildman–Crippen MR) is 127 cm³/mol. The number of likely N-dealkylation sites (tertiary alicyclic amines) is 1. The number of nitrogens with zero attached hydrogens (tertiary/aromatic N) is 4. The summed E-state index contributed by atoms with van der Waals surface area (Å²) in [6.45, 7) is 4.08. The van der Waals surface area contributed by atoms with Crippen LogP contribution in [0.25, 0.3) is 0 Å². The van der Waals surface area contributed by atoms with Gasteiger partial charge in [-0.2, -0.15) is 0 Å². The van der Waals surface area contributed by atoms with Crippen LogP contribution in [0.4, 0.5) is 0 Å². The van der Waals surface area contributed by atoms with Gasteiger partial charge in [0.05, 0.1) is 29.8 Å². The molecule has 4 rings (SSSR count). The van der Waals surface area contributed by atoms with Crippen molar-refractivity contribution in [2.45, 2.75) is 49.8 Å². The molecule has 2 amide bonds. The smallest absolute Gasteiger partial charge is 0.353 e. The van der Waals surface area contributed by atoms with Gasteiger partial charge in [0.2, 0.25) is 11.8 Å². The molecule has 0 saturated carbocycles. The van der Waals surface area contributed by atoms with Crippen molar-refractivity contribution in [3.05, 3.63) is 22.4 Å². The molecule has 4 aliphatic rings. The zero-order valence-corrected chi connectivity index (χ0v) is 20.8. The SMILES string of the molecule is CC(O)[C@H]1C(=O)N2C(C(=O)O)=C(S[C@H]3C[C@@H](C(=O)N(C)C)N(CC4=CC(=O)C(O)C=N4)C3)[C@H](C)[C@H]12. The first-order valence-corrected chi connectivity index (χ1v) is 12.4. The molecule has 2 fully saturated rings. The zero-order valence-electron chi connectivity index (χ0n) is 20.0. The maximum atomic E-state index is 12.9. The number of hydrogen-bond acceptors (Lipinski definition) is 9. The standard InChI is InChI=1S/C23H30N4O7S/c1-10-18-17(11(2)28)22(32)27(18)19(23(33)34)20(10)35-13-6-14(21(31)25(3)4)26(9-13)8-12-5-15(29)16(30)7-24-12/h5,7,10-11,13-14,16-18,28,30H,6,8-9H2,1-4H3,(H,33,34)/t10-,11?,13+,14+,16?,17-,18-/m1/s1. The number of aliphatic hydroxyl groups excluding tert-OH is 2. The Kier molecular flexibility index (Phi) is 6.93. The van der Waals surface area contributed by atoms with Gasteiger partial charge in [-0.1, -0.05) is 6.92 Å². The number of carboxylic acids is 1. The molecule has 12 heteroatoms. The molecule has 0 aromatic heterocycles. The van der Waals surface area contributed by atoms with E-state index in [-0.39, 0.29) is 35.2 Å². The van der Waals surface area contributed by atoms with E-state index in [1.54, 1.807) is 14.1 Å². The van der Waals surface area contributed by atoms with Crippen molar-refractivity contribution in [3.63, 3.8) is 0 Å². The molecular formula is C23H30N4O7S. The van der Waals surface area contributed by atoms with Crippen LogP contribution in [0.3, 0.4) is 0 Å². The number of aliphatic hydroxyl groups is 2. The van der Waals surface area contributed by atoms with Crippen LogP contribution in [-0.2, 0) is 19.2 Å². The second kappa shape index (κ2) is 9.49.